The van der Waals surface area contributed by atoms with Crippen molar-refractivity contribution in [3.63, 3.8) is 0 Å². The van der Waals surface area contributed by atoms with E-state index in [-0.39, 0.29) is 31.4 Å². The van der Waals surface area contributed by atoms with Crippen molar-refractivity contribution in [3.8, 4) is 16.9 Å². The molecule has 0 fully saturated rings. The van der Waals surface area contributed by atoms with E-state index < -0.39 is 11.9 Å². The van der Waals surface area contributed by atoms with E-state index in [9.17, 15) is 14.7 Å². The van der Waals surface area contributed by atoms with Crippen molar-refractivity contribution in [2.24, 2.45) is 5.73 Å². The Labute approximate surface area is 196 Å². The lowest BCUT2D eigenvalue weighted by Gasteiger charge is -2.14. The first-order chi connectivity index (χ1) is 16.4. The highest BCUT2D eigenvalue weighted by atomic mass is 16.7. The van der Waals surface area contributed by atoms with Crippen LogP contribution in [-0.2, 0) is 9.47 Å². The van der Waals surface area contributed by atoms with Crippen LogP contribution in [0.1, 0.15) is 26.3 Å². The van der Waals surface area contributed by atoms with Gasteiger partial charge in [-0.1, -0.05) is 18.2 Å². The van der Waals surface area contributed by atoms with Crippen LogP contribution in [0.15, 0.2) is 66.7 Å². The Morgan fingerprint density at radius 3 is 2.35 bits per heavy atom. The number of nitrogen functional groups attached to an aromatic ring is 1. The van der Waals surface area contributed by atoms with Crippen molar-refractivity contribution in [1.82, 2.24) is 0 Å². The molecule has 3 rings (SSSR count). The Bertz CT molecular complexity index is 1180. The number of aromatic carboxylic acids is 1. The molecule has 0 aliphatic carbocycles. The van der Waals surface area contributed by atoms with Crippen LogP contribution < -0.4 is 15.8 Å². The van der Waals surface area contributed by atoms with Crippen molar-refractivity contribution in [1.29, 1.82) is 5.41 Å². The molecule has 0 spiro atoms. The fraction of sp³-hybridized carbons (Fsp3) is 0.160. The average Bonchev–Trinajstić information content (AvgIpc) is 2.84. The Hall–Kier alpha value is -4.21. The maximum Gasteiger partial charge on any atom is 0.336 e. The summed E-state index contributed by atoms with van der Waals surface area (Å²) in [6, 6.07) is 18.0. The molecular formula is C25H25N3O6. The minimum atomic E-state index is -1.15. The van der Waals surface area contributed by atoms with Crippen LogP contribution >= 0.6 is 0 Å². The molecule has 5 N–H and O–H groups in total. The summed E-state index contributed by atoms with van der Waals surface area (Å²) in [5, 5.41) is 20.1. The van der Waals surface area contributed by atoms with E-state index in [1.165, 1.54) is 13.2 Å². The quantitative estimate of drug-likeness (QED) is 0.147. The Balaban J connectivity index is 1.85. The molecule has 176 valence electrons. The number of carbonyl (C=O) groups excluding carboxylic acids is 1. The number of nitrogens with one attached hydrogen (secondary N) is 2. The summed E-state index contributed by atoms with van der Waals surface area (Å²) in [4.78, 5) is 25.0. The van der Waals surface area contributed by atoms with Gasteiger partial charge in [-0.3, -0.25) is 10.2 Å². The van der Waals surface area contributed by atoms with Gasteiger partial charge in [-0.25, -0.2) is 4.79 Å². The SMILES string of the molecule is COCOCCOc1ccc(-c2ccccc2C(=O)Nc2ccc(C(=N)N)cc2)c(C(=O)O)c1. The van der Waals surface area contributed by atoms with Crippen molar-refractivity contribution in [2.45, 2.75) is 0 Å². The molecule has 9 nitrogen and oxygen atoms in total. The molecule has 0 unspecified atom stereocenters. The van der Waals surface area contributed by atoms with Crippen LogP contribution in [0.25, 0.3) is 11.1 Å². The maximum atomic E-state index is 13.0. The number of hydrogen-bond donors (Lipinski definition) is 4. The minimum Gasteiger partial charge on any atom is -0.491 e. The van der Waals surface area contributed by atoms with Crippen LogP contribution in [0.2, 0.25) is 0 Å². The van der Waals surface area contributed by atoms with E-state index in [1.807, 2.05) is 0 Å². The van der Waals surface area contributed by atoms with Crippen molar-refractivity contribution in [3.05, 3.63) is 83.4 Å². The van der Waals surface area contributed by atoms with Gasteiger partial charge in [0.15, 0.2) is 0 Å². The minimum absolute atomic E-state index is 0.00127. The number of carboxylic acid groups (broad SMARTS) is 1. The Kier molecular flexibility index (Phi) is 8.33. The average molecular weight is 463 g/mol. The predicted octanol–water partition coefficient (Wildman–Crippen LogP) is 3.59. The lowest BCUT2D eigenvalue weighted by atomic mass is 9.94. The lowest BCUT2D eigenvalue weighted by molar-refractivity contribution is -0.0387. The van der Waals surface area contributed by atoms with E-state index in [2.05, 4.69) is 5.32 Å². The Morgan fingerprint density at radius 2 is 1.68 bits per heavy atom. The molecule has 9 heteroatoms. The number of carbonyl (C=O) groups is 2. The second kappa shape index (κ2) is 11.6. The van der Waals surface area contributed by atoms with E-state index in [0.29, 0.717) is 33.7 Å². The predicted molar refractivity (Wildman–Crippen MR) is 128 cm³/mol. The third-order valence-electron chi connectivity index (χ3n) is 4.83. The number of amidine groups is 1. The highest BCUT2D eigenvalue weighted by Crippen LogP contribution is 2.31. The van der Waals surface area contributed by atoms with Gasteiger partial charge in [0.25, 0.3) is 5.91 Å². The molecule has 0 saturated carbocycles. The molecule has 0 saturated heterocycles. The summed E-state index contributed by atoms with van der Waals surface area (Å²) in [6.07, 6.45) is 0. The normalized spacial score (nSPS) is 10.5. The number of hydrogen-bond acceptors (Lipinski definition) is 6. The van der Waals surface area contributed by atoms with Crippen molar-refractivity contribution < 1.29 is 28.9 Å². The third-order valence-corrected chi connectivity index (χ3v) is 4.83. The zero-order valence-corrected chi connectivity index (χ0v) is 18.5. The van der Waals surface area contributed by atoms with E-state index in [0.717, 1.165) is 0 Å². The van der Waals surface area contributed by atoms with Crippen LogP contribution in [-0.4, -0.2) is 49.9 Å². The molecule has 0 bridgehead atoms. The van der Waals surface area contributed by atoms with E-state index >= 15 is 0 Å². The van der Waals surface area contributed by atoms with Gasteiger partial charge in [0.05, 0.1) is 12.2 Å². The van der Waals surface area contributed by atoms with Crippen LogP contribution in [0.3, 0.4) is 0 Å². The standard InChI is InChI=1S/C25H25N3O6/c1-32-15-33-12-13-34-18-10-11-20(22(14-18)25(30)31)19-4-2-3-5-21(19)24(29)28-17-8-6-16(7-9-17)23(26)27/h2-11,14H,12-13,15H2,1H3,(H3,26,27)(H,28,29)(H,30,31). The van der Waals surface area contributed by atoms with Gasteiger partial charge < -0.3 is 30.4 Å². The summed E-state index contributed by atoms with van der Waals surface area (Å²) in [5.41, 5.74) is 7.68. The fourth-order valence-electron chi connectivity index (χ4n) is 3.23. The van der Waals surface area contributed by atoms with Gasteiger partial charge in [0.2, 0.25) is 0 Å². The van der Waals surface area contributed by atoms with Crippen LogP contribution in [0.4, 0.5) is 5.69 Å². The lowest BCUT2D eigenvalue weighted by Crippen LogP contribution is -2.15. The molecule has 0 heterocycles. The molecule has 0 aliphatic heterocycles. The van der Waals surface area contributed by atoms with E-state index in [1.54, 1.807) is 60.7 Å². The van der Waals surface area contributed by atoms with Gasteiger partial charge in [0.1, 0.15) is 25.0 Å². The second-order valence-corrected chi connectivity index (χ2v) is 7.17. The van der Waals surface area contributed by atoms with Gasteiger partial charge in [-0.05, 0) is 59.7 Å². The first kappa shape index (κ1) is 24.4. The molecule has 34 heavy (non-hydrogen) atoms. The number of rotatable bonds is 11. The summed E-state index contributed by atoms with van der Waals surface area (Å²) < 4.78 is 15.5. The number of carboxylic acids is 1. The van der Waals surface area contributed by atoms with Crippen LogP contribution in [0.5, 0.6) is 5.75 Å². The number of nitrogens with two attached hydrogens (primary N) is 1. The van der Waals surface area contributed by atoms with Crippen LogP contribution in [0, 0.1) is 5.41 Å². The number of methoxy groups -OCH3 is 1. The van der Waals surface area contributed by atoms with Crippen molar-refractivity contribution in [2.75, 3.05) is 32.4 Å². The summed E-state index contributed by atoms with van der Waals surface area (Å²) >= 11 is 0. The number of benzene rings is 3. The zero-order valence-electron chi connectivity index (χ0n) is 18.5. The van der Waals surface area contributed by atoms with Crippen molar-refractivity contribution >= 4 is 23.4 Å². The molecule has 0 radical (unpaired) electrons. The zero-order chi connectivity index (χ0) is 24.5. The fourth-order valence-corrected chi connectivity index (χ4v) is 3.23. The number of ether oxygens (including phenoxy) is 3. The molecule has 0 aromatic heterocycles. The highest BCUT2D eigenvalue weighted by Gasteiger charge is 2.19. The highest BCUT2D eigenvalue weighted by molar-refractivity contribution is 6.10. The first-order valence-corrected chi connectivity index (χ1v) is 10.3. The van der Waals surface area contributed by atoms with Gasteiger partial charge in [0, 0.05) is 23.9 Å². The molecule has 0 aliphatic rings. The first-order valence-electron chi connectivity index (χ1n) is 10.3. The topological polar surface area (TPSA) is 144 Å². The van der Waals surface area contributed by atoms with Gasteiger partial charge in [-0.2, -0.15) is 0 Å². The largest absolute Gasteiger partial charge is 0.491 e. The maximum absolute atomic E-state index is 13.0. The smallest absolute Gasteiger partial charge is 0.336 e. The molecule has 3 aromatic carbocycles. The summed E-state index contributed by atoms with van der Waals surface area (Å²) in [6.45, 7) is 0.653. The molecular weight excluding hydrogens is 438 g/mol. The van der Waals surface area contributed by atoms with Gasteiger partial charge in [-0.15, -0.1) is 0 Å². The molecule has 0 atom stereocenters. The summed E-state index contributed by atoms with van der Waals surface area (Å²) in [7, 11) is 1.51. The molecule has 3 aromatic rings. The molecule has 1 amide bonds. The Morgan fingerprint density at radius 1 is 0.971 bits per heavy atom. The number of amides is 1. The number of anilines is 1. The van der Waals surface area contributed by atoms with Gasteiger partial charge >= 0.3 is 5.97 Å². The monoisotopic (exact) mass is 463 g/mol. The van der Waals surface area contributed by atoms with E-state index in [4.69, 9.17) is 25.4 Å². The summed E-state index contributed by atoms with van der Waals surface area (Å²) in [5.74, 6) is -1.25. The second-order valence-electron chi connectivity index (χ2n) is 7.17. The third kappa shape index (κ3) is 6.18.